The summed E-state index contributed by atoms with van der Waals surface area (Å²) in [6.45, 7) is 0. The molecule has 6 aromatic rings. The van der Waals surface area contributed by atoms with E-state index in [-0.39, 0.29) is 11.6 Å². The molecule has 3 amide bonds. The van der Waals surface area contributed by atoms with E-state index in [1.165, 1.54) is 18.9 Å². The first-order valence-corrected chi connectivity index (χ1v) is 17.7. The summed E-state index contributed by atoms with van der Waals surface area (Å²) in [5.74, 6) is -0.109. The van der Waals surface area contributed by atoms with Crippen LogP contribution >= 0.6 is 11.8 Å². The van der Waals surface area contributed by atoms with E-state index in [9.17, 15) is 14.4 Å². The number of benzene rings is 6. The second-order valence-electron chi connectivity index (χ2n) is 11.8. The van der Waals surface area contributed by atoms with E-state index in [1.54, 1.807) is 73.8 Å². The predicted molar refractivity (Wildman–Crippen MR) is 212 cm³/mol. The van der Waals surface area contributed by atoms with Crippen molar-refractivity contribution in [3.63, 3.8) is 0 Å². The molecule has 0 saturated carbocycles. The minimum atomic E-state index is -0.645. The molecule has 9 heteroatoms. The number of carbonyl (C=O) groups excluding carboxylic acids is 3. The molecular formula is C44H37N3O5S. The molecule has 53 heavy (non-hydrogen) atoms. The number of carbonyl (C=O) groups is 3. The van der Waals surface area contributed by atoms with E-state index in [1.807, 2.05) is 97.1 Å². The van der Waals surface area contributed by atoms with E-state index in [4.69, 9.17) is 9.47 Å². The fourth-order valence-corrected chi connectivity index (χ4v) is 6.58. The zero-order valence-electron chi connectivity index (χ0n) is 29.1. The zero-order valence-corrected chi connectivity index (χ0v) is 29.9. The Bertz CT molecular complexity index is 2210. The SMILES string of the molecule is COc1ccc(NC(=O)C(Sc2cccc(NC(=O)/C(=C\c3ccc(-c4ccccc4)cc3)NC(=O)c3ccccc3)c2)c2ccccc2)c(OC)c1. The minimum Gasteiger partial charge on any atom is -0.497 e. The molecule has 8 nitrogen and oxygen atoms in total. The Kier molecular flexibility index (Phi) is 12.0. The molecule has 0 radical (unpaired) electrons. The standard InChI is InChI=1S/C44H37N3O5S/c1-51-36-25-26-38(40(29-36)52-2)46-44(50)41(33-15-8-4-9-16-33)53-37-20-12-19-35(28-37)45-43(49)39(47-42(48)34-17-10-5-11-18-34)27-30-21-23-32(24-22-30)31-13-6-3-7-14-31/h3-29,41H,1-2H3,(H,45,49)(H,46,50)(H,47,48)/b39-27+. The topological polar surface area (TPSA) is 106 Å². The molecule has 1 atom stereocenters. The van der Waals surface area contributed by atoms with Crippen molar-refractivity contribution in [3.05, 3.63) is 180 Å². The smallest absolute Gasteiger partial charge is 0.272 e. The fourth-order valence-electron chi connectivity index (χ4n) is 5.49. The molecule has 0 saturated heterocycles. The molecule has 6 aromatic carbocycles. The Morgan fingerprint density at radius 2 is 1.30 bits per heavy atom. The molecule has 6 rings (SSSR count). The van der Waals surface area contributed by atoms with Gasteiger partial charge in [0, 0.05) is 22.2 Å². The van der Waals surface area contributed by atoms with E-state index >= 15 is 0 Å². The Balaban J connectivity index is 1.24. The van der Waals surface area contributed by atoms with Crippen LogP contribution in [0.1, 0.15) is 26.7 Å². The van der Waals surface area contributed by atoms with E-state index in [0.717, 1.165) is 27.1 Å². The van der Waals surface area contributed by atoms with Crippen molar-refractivity contribution in [3.8, 4) is 22.6 Å². The number of methoxy groups -OCH3 is 2. The van der Waals surface area contributed by atoms with Gasteiger partial charge in [-0.2, -0.15) is 0 Å². The average molecular weight is 720 g/mol. The minimum absolute atomic E-state index is 0.0688. The summed E-state index contributed by atoms with van der Waals surface area (Å²) in [4.78, 5) is 41.7. The number of nitrogens with one attached hydrogen (secondary N) is 3. The van der Waals surface area contributed by atoms with Crippen molar-refractivity contribution in [2.24, 2.45) is 0 Å². The normalized spacial score (nSPS) is 11.5. The van der Waals surface area contributed by atoms with Gasteiger partial charge in [-0.25, -0.2) is 0 Å². The van der Waals surface area contributed by atoms with Crippen LogP contribution in [-0.2, 0) is 9.59 Å². The Hall–Kier alpha value is -6.58. The molecule has 0 aliphatic heterocycles. The molecule has 1 unspecified atom stereocenters. The molecule has 0 aromatic heterocycles. The van der Waals surface area contributed by atoms with Crippen LogP contribution in [-0.4, -0.2) is 31.9 Å². The van der Waals surface area contributed by atoms with Crippen molar-refractivity contribution in [2.45, 2.75) is 10.1 Å². The van der Waals surface area contributed by atoms with Crippen LogP contribution in [0.3, 0.4) is 0 Å². The Morgan fingerprint density at radius 3 is 1.98 bits per heavy atom. The van der Waals surface area contributed by atoms with Crippen LogP contribution in [0.2, 0.25) is 0 Å². The van der Waals surface area contributed by atoms with Crippen molar-refractivity contribution >= 4 is 46.9 Å². The van der Waals surface area contributed by atoms with Crippen LogP contribution in [0.25, 0.3) is 17.2 Å². The van der Waals surface area contributed by atoms with Gasteiger partial charge in [0.1, 0.15) is 22.4 Å². The first-order chi connectivity index (χ1) is 25.9. The molecule has 0 aliphatic carbocycles. The summed E-state index contributed by atoms with van der Waals surface area (Å²) in [6.07, 6.45) is 1.65. The molecule has 0 aliphatic rings. The van der Waals surface area contributed by atoms with Crippen LogP contribution < -0.4 is 25.4 Å². The van der Waals surface area contributed by atoms with Gasteiger partial charge in [0.2, 0.25) is 5.91 Å². The highest BCUT2D eigenvalue weighted by Gasteiger charge is 2.24. The lowest BCUT2D eigenvalue weighted by molar-refractivity contribution is -0.116. The van der Waals surface area contributed by atoms with Gasteiger partial charge in [-0.05, 0) is 70.8 Å². The van der Waals surface area contributed by atoms with Crippen LogP contribution in [0.15, 0.2) is 168 Å². The van der Waals surface area contributed by atoms with Crippen LogP contribution in [0, 0.1) is 0 Å². The number of anilines is 2. The second kappa shape index (κ2) is 17.6. The Labute approximate surface area is 312 Å². The summed E-state index contributed by atoms with van der Waals surface area (Å²) >= 11 is 1.34. The van der Waals surface area contributed by atoms with Crippen LogP contribution in [0.4, 0.5) is 11.4 Å². The van der Waals surface area contributed by atoms with Crippen LogP contribution in [0.5, 0.6) is 11.5 Å². The van der Waals surface area contributed by atoms with E-state index < -0.39 is 17.1 Å². The number of hydrogen-bond donors (Lipinski definition) is 3. The van der Waals surface area contributed by atoms with Crippen molar-refractivity contribution in [1.29, 1.82) is 0 Å². The molecule has 0 spiro atoms. The van der Waals surface area contributed by atoms with Crippen molar-refractivity contribution < 1.29 is 23.9 Å². The van der Waals surface area contributed by atoms with Gasteiger partial charge in [-0.15, -0.1) is 11.8 Å². The summed E-state index contributed by atoms with van der Waals surface area (Å²) in [6, 6.07) is 48.3. The molecule has 0 fully saturated rings. The van der Waals surface area contributed by atoms with Crippen molar-refractivity contribution in [1.82, 2.24) is 5.32 Å². The third-order valence-electron chi connectivity index (χ3n) is 8.21. The lowest BCUT2D eigenvalue weighted by Crippen LogP contribution is -2.30. The summed E-state index contributed by atoms with van der Waals surface area (Å²) in [5.41, 5.74) is 5.11. The fraction of sp³-hybridized carbons (Fsp3) is 0.0682. The highest BCUT2D eigenvalue weighted by molar-refractivity contribution is 8.00. The lowest BCUT2D eigenvalue weighted by Gasteiger charge is -2.19. The molecular weight excluding hydrogens is 683 g/mol. The van der Waals surface area contributed by atoms with E-state index in [2.05, 4.69) is 16.0 Å². The third kappa shape index (κ3) is 9.61. The lowest BCUT2D eigenvalue weighted by atomic mass is 10.0. The maximum Gasteiger partial charge on any atom is 0.272 e. The summed E-state index contributed by atoms with van der Waals surface area (Å²) in [5, 5.41) is 8.10. The second-order valence-corrected chi connectivity index (χ2v) is 13.0. The first-order valence-electron chi connectivity index (χ1n) is 16.8. The maximum atomic E-state index is 13.9. The highest BCUT2D eigenvalue weighted by Crippen LogP contribution is 2.38. The number of hydrogen-bond acceptors (Lipinski definition) is 6. The van der Waals surface area contributed by atoms with Crippen molar-refractivity contribution in [2.75, 3.05) is 24.9 Å². The first kappa shape index (κ1) is 36.2. The third-order valence-corrected chi connectivity index (χ3v) is 9.46. The largest absolute Gasteiger partial charge is 0.497 e. The number of rotatable bonds is 13. The molecule has 0 bridgehead atoms. The quantitative estimate of drug-likeness (QED) is 0.0812. The highest BCUT2D eigenvalue weighted by atomic mass is 32.2. The molecule has 264 valence electrons. The zero-order chi connectivity index (χ0) is 37.0. The molecule has 3 N–H and O–H groups in total. The van der Waals surface area contributed by atoms with Gasteiger partial charge >= 0.3 is 0 Å². The summed E-state index contributed by atoms with van der Waals surface area (Å²) < 4.78 is 10.8. The number of thioether (sulfide) groups is 1. The van der Waals surface area contributed by atoms with Gasteiger partial charge in [-0.1, -0.05) is 109 Å². The van der Waals surface area contributed by atoms with Gasteiger partial charge in [0.05, 0.1) is 19.9 Å². The predicted octanol–water partition coefficient (Wildman–Crippen LogP) is 9.25. The summed E-state index contributed by atoms with van der Waals surface area (Å²) in [7, 11) is 3.09. The van der Waals surface area contributed by atoms with Gasteiger partial charge < -0.3 is 25.4 Å². The average Bonchev–Trinajstić information content (AvgIpc) is 3.21. The van der Waals surface area contributed by atoms with Gasteiger partial charge in [0.25, 0.3) is 11.8 Å². The van der Waals surface area contributed by atoms with Gasteiger partial charge in [0.15, 0.2) is 0 Å². The van der Waals surface area contributed by atoms with Gasteiger partial charge in [-0.3, -0.25) is 14.4 Å². The number of amides is 3. The molecule has 0 heterocycles. The monoisotopic (exact) mass is 719 g/mol. The Morgan fingerprint density at radius 1 is 0.642 bits per heavy atom. The number of ether oxygens (including phenoxy) is 2. The van der Waals surface area contributed by atoms with E-state index in [0.29, 0.717) is 28.4 Å². The maximum absolute atomic E-state index is 13.9.